The molecule has 0 spiro atoms. The Labute approximate surface area is 169 Å². The predicted octanol–water partition coefficient (Wildman–Crippen LogP) is 5.70. The fourth-order valence-electron chi connectivity index (χ4n) is 4.32. The molecule has 2 atom stereocenters. The number of rotatable bonds is 3. The highest BCUT2D eigenvalue weighted by Crippen LogP contribution is 2.55. The number of hydrogen-bond acceptors (Lipinski definition) is 4. The monoisotopic (exact) mass is 431 g/mol. The van der Waals surface area contributed by atoms with Crippen LogP contribution in [0.4, 0.5) is 5.69 Å². The Morgan fingerprint density at radius 3 is 2.70 bits per heavy atom. The molecule has 0 fully saturated rings. The lowest BCUT2D eigenvalue weighted by Crippen LogP contribution is -2.46. The average molecular weight is 432 g/mol. The first-order valence-corrected chi connectivity index (χ1v) is 10.2. The van der Waals surface area contributed by atoms with Gasteiger partial charge in [-0.15, -0.1) is 0 Å². The number of anilines is 1. The van der Waals surface area contributed by atoms with Gasteiger partial charge < -0.3 is 19.5 Å². The molecule has 2 aliphatic heterocycles. The summed E-state index contributed by atoms with van der Waals surface area (Å²) < 4.78 is 18.7. The van der Waals surface area contributed by atoms with Crippen molar-refractivity contribution in [1.82, 2.24) is 0 Å². The molecule has 0 amide bonds. The van der Waals surface area contributed by atoms with Crippen molar-refractivity contribution in [3.05, 3.63) is 45.9 Å². The molecule has 2 aliphatic rings. The van der Waals surface area contributed by atoms with E-state index in [4.69, 9.17) is 14.2 Å². The largest absolute Gasteiger partial charge is 0.493 e. The molecule has 27 heavy (non-hydrogen) atoms. The molecule has 2 aromatic rings. The highest BCUT2D eigenvalue weighted by atomic mass is 79.9. The standard InChI is InChI=1S/C22H26BrNO3/c1-12(2)27-13-6-8-17-14(10-13)22(3,4)15-11-26-21-18(25-5)9-7-16(23)19(21)20(15)24-17/h6-10,12,15,20,24H,11H2,1-5H3. The van der Waals surface area contributed by atoms with Crippen LogP contribution in [0.25, 0.3) is 0 Å². The van der Waals surface area contributed by atoms with Crippen molar-refractivity contribution in [3.63, 3.8) is 0 Å². The Bertz CT molecular complexity index is 878. The summed E-state index contributed by atoms with van der Waals surface area (Å²) >= 11 is 3.73. The molecule has 4 nitrogen and oxygen atoms in total. The molecule has 2 unspecified atom stereocenters. The minimum absolute atomic E-state index is 0.0677. The first-order chi connectivity index (χ1) is 12.8. The highest BCUT2D eigenvalue weighted by Gasteiger charge is 2.47. The SMILES string of the molecule is COc1ccc(Br)c2c1OCC1C2Nc2ccc(OC(C)C)cc2C1(C)C. The summed E-state index contributed by atoms with van der Waals surface area (Å²) in [5.41, 5.74) is 3.49. The molecule has 0 saturated heterocycles. The van der Waals surface area contributed by atoms with E-state index in [0.29, 0.717) is 6.61 Å². The van der Waals surface area contributed by atoms with Crippen molar-refractivity contribution in [2.75, 3.05) is 19.0 Å². The van der Waals surface area contributed by atoms with E-state index in [-0.39, 0.29) is 23.5 Å². The Hall–Kier alpha value is -1.88. The quantitative estimate of drug-likeness (QED) is 0.676. The Morgan fingerprint density at radius 2 is 2.00 bits per heavy atom. The molecule has 0 aromatic heterocycles. The number of ether oxygens (including phenoxy) is 3. The number of halogens is 1. The van der Waals surface area contributed by atoms with Gasteiger partial charge in [-0.05, 0) is 49.7 Å². The van der Waals surface area contributed by atoms with Gasteiger partial charge in [-0.2, -0.15) is 0 Å². The van der Waals surface area contributed by atoms with E-state index in [2.05, 4.69) is 61.1 Å². The maximum atomic E-state index is 6.21. The van der Waals surface area contributed by atoms with Crippen molar-refractivity contribution in [2.45, 2.75) is 45.3 Å². The van der Waals surface area contributed by atoms with Gasteiger partial charge in [0.25, 0.3) is 0 Å². The van der Waals surface area contributed by atoms with Gasteiger partial charge in [-0.3, -0.25) is 0 Å². The summed E-state index contributed by atoms with van der Waals surface area (Å²) in [6, 6.07) is 10.5. The van der Waals surface area contributed by atoms with Crippen molar-refractivity contribution in [2.24, 2.45) is 5.92 Å². The van der Waals surface area contributed by atoms with Gasteiger partial charge in [-0.25, -0.2) is 0 Å². The van der Waals surface area contributed by atoms with E-state index < -0.39 is 0 Å². The van der Waals surface area contributed by atoms with E-state index in [1.807, 2.05) is 18.2 Å². The van der Waals surface area contributed by atoms with Gasteiger partial charge >= 0.3 is 0 Å². The molecule has 0 bridgehead atoms. The molecule has 4 rings (SSSR count). The minimum atomic E-state index is -0.0677. The first kappa shape index (κ1) is 18.5. The smallest absolute Gasteiger partial charge is 0.167 e. The van der Waals surface area contributed by atoms with Crippen LogP contribution in [0.15, 0.2) is 34.8 Å². The second-order valence-electron chi connectivity index (χ2n) is 8.13. The first-order valence-electron chi connectivity index (χ1n) is 9.40. The van der Waals surface area contributed by atoms with Crippen LogP contribution in [0.1, 0.15) is 44.9 Å². The lowest BCUT2D eigenvalue weighted by Gasteiger charge is -2.49. The lowest BCUT2D eigenvalue weighted by molar-refractivity contribution is 0.130. The normalized spacial score (nSPS) is 22.0. The zero-order chi connectivity index (χ0) is 19.3. The number of fused-ring (bicyclic) bond motifs is 4. The molecule has 2 aromatic carbocycles. The van der Waals surface area contributed by atoms with Crippen LogP contribution >= 0.6 is 15.9 Å². The number of methoxy groups -OCH3 is 1. The van der Waals surface area contributed by atoms with E-state index in [1.54, 1.807) is 7.11 Å². The average Bonchev–Trinajstić information content (AvgIpc) is 2.62. The Kier molecular flexibility index (Phi) is 4.53. The van der Waals surface area contributed by atoms with Crippen LogP contribution in [0.5, 0.6) is 17.2 Å². The Balaban J connectivity index is 1.81. The second-order valence-corrected chi connectivity index (χ2v) is 8.98. The molecule has 144 valence electrons. The van der Waals surface area contributed by atoms with Crippen LogP contribution < -0.4 is 19.5 Å². The third-order valence-electron chi connectivity index (χ3n) is 5.74. The second kappa shape index (κ2) is 6.62. The van der Waals surface area contributed by atoms with Crippen LogP contribution in [0.3, 0.4) is 0 Å². The third-order valence-corrected chi connectivity index (χ3v) is 6.43. The van der Waals surface area contributed by atoms with Gasteiger partial charge in [0.05, 0.1) is 25.9 Å². The highest BCUT2D eigenvalue weighted by molar-refractivity contribution is 9.10. The number of benzene rings is 2. The van der Waals surface area contributed by atoms with Gasteiger partial charge in [0.15, 0.2) is 11.5 Å². The molecule has 2 heterocycles. The number of hydrogen-bond donors (Lipinski definition) is 1. The fraction of sp³-hybridized carbons (Fsp3) is 0.455. The van der Waals surface area contributed by atoms with Crippen molar-refractivity contribution >= 4 is 21.6 Å². The summed E-state index contributed by atoms with van der Waals surface area (Å²) in [6.07, 6.45) is 0.156. The van der Waals surface area contributed by atoms with Crippen LogP contribution in [0, 0.1) is 5.92 Å². The molecular formula is C22H26BrNO3. The molecular weight excluding hydrogens is 406 g/mol. The van der Waals surface area contributed by atoms with Crippen molar-refractivity contribution in [3.8, 4) is 17.2 Å². The summed E-state index contributed by atoms with van der Waals surface area (Å²) in [6.45, 7) is 9.34. The third kappa shape index (κ3) is 2.96. The minimum Gasteiger partial charge on any atom is -0.493 e. The molecule has 0 radical (unpaired) electrons. The van der Waals surface area contributed by atoms with E-state index in [0.717, 1.165) is 33.0 Å². The van der Waals surface area contributed by atoms with Crippen LogP contribution in [0.2, 0.25) is 0 Å². The maximum absolute atomic E-state index is 6.21. The summed E-state index contributed by atoms with van der Waals surface area (Å²) in [4.78, 5) is 0. The maximum Gasteiger partial charge on any atom is 0.167 e. The summed E-state index contributed by atoms with van der Waals surface area (Å²) in [7, 11) is 1.68. The molecule has 5 heteroatoms. The van der Waals surface area contributed by atoms with Crippen LogP contribution in [-0.4, -0.2) is 19.8 Å². The number of nitrogens with one attached hydrogen (secondary N) is 1. The molecule has 0 aliphatic carbocycles. The van der Waals surface area contributed by atoms with Crippen LogP contribution in [-0.2, 0) is 5.41 Å². The van der Waals surface area contributed by atoms with Gasteiger partial charge in [0.2, 0.25) is 0 Å². The Morgan fingerprint density at radius 1 is 1.22 bits per heavy atom. The lowest BCUT2D eigenvalue weighted by atomic mass is 9.65. The molecule has 1 N–H and O–H groups in total. The van der Waals surface area contributed by atoms with Gasteiger partial charge in [0.1, 0.15) is 5.75 Å². The molecule has 0 saturated carbocycles. The predicted molar refractivity (Wildman–Crippen MR) is 111 cm³/mol. The summed E-state index contributed by atoms with van der Waals surface area (Å²) in [5, 5.41) is 3.76. The van der Waals surface area contributed by atoms with Crippen molar-refractivity contribution in [1.29, 1.82) is 0 Å². The fourth-order valence-corrected chi connectivity index (χ4v) is 4.88. The zero-order valence-corrected chi connectivity index (χ0v) is 18.0. The van der Waals surface area contributed by atoms with E-state index >= 15 is 0 Å². The zero-order valence-electron chi connectivity index (χ0n) is 16.4. The topological polar surface area (TPSA) is 39.7 Å². The summed E-state index contributed by atoms with van der Waals surface area (Å²) in [5.74, 6) is 2.81. The van der Waals surface area contributed by atoms with Gasteiger partial charge in [0, 0.05) is 27.1 Å². The van der Waals surface area contributed by atoms with E-state index in [1.165, 1.54) is 5.56 Å². The van der Waals surface area contributed by atoms with Crippen molar-refractivity contribution < 1.29 is 14.2 Å². The van der Waals surface area contributed by atoms with E-state index in [9.17, 15) is 0 Å². The van der Waals surface area contributed by atoms with Gasteiger partial charge in [-0.1, -0.05) is 29.8 Å².